The number of rotatable bonds is 7. The number of benzene rings is 3. The summed E-state index contributed by atoms with van der Waals surface area (Å²) in [5.74, 6) is 0. The topological polar surface area (TPSA) is 46.4 Å². The highest BCUT2D eigenvalue weighted by Crippen LogP contribution is 2.43. The lowest BCUT2D eigenvalue weighted by Gasteiger charge is -2.52. The SMILES string of the molecule is CCC(C)N1CC[N+](c2cccc([N+](=O)[O-])c2)(C(c2ccccc2)c2ccccc2)CC1C. The average molecular weight is 445 g/mol. The van der Waals surface area contributed by atoms with Crippen LogP contribution in [0, 0.1) is 10.1 Å². The summed E-state index contributed by atoms with van der Waals surface area (Å²) in [7, 11) is 0. The van der Waals surface area contributed by atoms with Crippen LogP contribution >= 0.6 is 0 Å². The van der Waals surface area contributed by atoms with Gasteiger partial charge in [-0.05, 0) is 32.4 Å². The van der Waals surface area contributed by atoms with Gasteiger partial charge in [-0.1, -0.05) is 67.6 Å². The summed E-state index contributed by atoms with van der Waals surface area (Å²) >= 11 is 0. The zero-order chi connectivity index (χ0) is 23.4. The maximum Gasteiger partial charge on any atom is 0.275 e. The van der Waals surface area contributed by atoms with Gasteiger partial charge < -0.3 is 0 Å². The second-order valence-electron chi connectivity index (χ2n) is 9.29. The maximum atomic E-state index is 11.7. The summed E-state index contributed by atoms with van der Waals surface area (Å²) < 4.78 is 0.670. The summed E-state index contributed by atoms with van der Waals surface area (Å²) in [6.45, 7) is 9.59. The quantitative estimate of drug-likeness (QED) is 0.248. The van der Waals surface area contributed by atoms with Crippen molar-refractivity contribution in [3.8, 4) is 0 Å². The molecule has 0 radical (unpaired) electrons. The Hall–Kier alpha value is -3.02. The number of hydrogen-bond acceptors (Lipinski definition) is 3. The predicted molar refractivity (Wildman–Crippen MR) is 135 cm³/mol. The number of nitrogens with zero attached hydrogens (tertiary/aromatic N) is 3. The first-order valence-corrected chi connectivity index (χ1v) is 11.9. The molecular weight excluding hydrogens is 410 g/mol. The van der Waals surface area contributed by atoms with Gasteiger partial charge >= 0.3 is 0 Å². The Labute approximate surface area is 197 Å². The zero-order valence-electron chi connectivity index (χ0n) is 19.8. The molecule has 3 unspecified atom stereocenters. The normalized spacial score (nSPS) is 22.2. The fourth-order valence-corrected chi connectivity index (χ4v) is 5.61. The van der Waals surface area contributed by atoms with E-state index < -0.39 is 0 Å². The van der Waals surface area contributed by atoms with Gasteiger partial charge in [-0.2, -0.15) is 0 Å². The van der Waals surface area contributed by atoms with Crippen molar-refractivity contribution in [2.75, 3.05) is 19.6 Å². The third-order valence-electron chi connectivity index (χ3n) is 7.35. The van der Waals surface area contributed by atoms with Crippen LogP contribution in [0.4, 0.5) is 11.4 Å². The Kier molecular flexibility index (Phi) is 6.91. The van der Waals surface area contributed by atoms with Crippen molar-refractivity contribution in [3.63, 3.8) is 0 Å². The zero-order valence-corrected chi connectivity index (χ0v) is 19.8. The molecule has 1 fully saturated rings. The summed E-state index contributed by atoms with van der Waals surface area (Å²) in [5.41, 5.74) is 3.64. The first-order valence-electron chi connectivity index (χ1n) is 11.9. The molecule has 1 aliphatic heterocycles. The monoisotopic (exact) mass is 444 g/mol. The lowest BCUT2D eigenvalue weighted by Crippen LogP contribution is -2.66. The van der Waals surface area contributed by atoms with Gasteiger partial charge in [-0.3, -0.25) is 19.5 Å². The van der Waals surface area contributed by atoms with Crippen LogP contribution in [0.1, 0.15) is 44.4 Å². The Balaban J connectivity index is 1.92. The molecule has 4 rings (SSSR count). The van der Waals surface area contributed by atoms with E-state index in [0.717, 1.165) is 31.7 Å². The Morgan fingerprint density at radius 3 is 2.12 bits per heavy atom. The van der Waals surface area contributed by atoms with Crippen LogP contribution in [0.3, 0.4) is 0 Å². The maximum absolute atomic E-state index is 11.7. The van der Waals surface area contributed by atoms with Crippen molar-refractivity contribution in [1.29, 1.82) is 0 Å². The van der Waals surface area contributed by atoms with E-state index in [-0.39, 0.29) is 16.7 Å². The van der Waals surface area contributed by atoms with Crippen molar-refractivity contribution in [1.82, 2.24) is 9.38 Å². The van der Waals surface area contributed by atoms with Crippen molar-refractivity contribution in [2.24, 2.45) is 0 Å². The van der Waals surface area contributed by atoms with E-state index in [1.807, 2.05) is 18.2 Å². The highest BCUT2D eigenvalue weighted by Gasteiger charge is 2.47. The van der Waals surface area contributed by atoms with E-state index in [1.54, 1.807) is 12.1 Å². The van der Waals surface area contributed by atoms with Gasteiger partial charge in [0.15, 0.2) is 0 Å². The molecule has 0 amide bonds. The highest BCUT2D eigenvalue weighted by atomic mass is 16.6. The molecule has 0 aromatic heterocycles. The Morgan fingerprint density at radius 1 is 1.00 bits per heavy atom. The molecule has 3 aromatic rings. The van der Waals surface area contributed by atoms with E-state index in [2.05, 4.69) is 80.3 Å². The van der Waals surface area contributed by atoms with Gasteiger partial charge in [0.05, 0.1) is 30.1 Å². The molecule has 0 bridgehead atoms. The molecule has 3 atom stereocenters. The largest absolute Gasteiger partial charge is 0.287 e. The first-order chi connectivity index (χ1) is 16.0. The van der Waals surface area contributed by atoms with E-state index in [9.17, 15) is 10.1 Å². The van der Waals surface area contributed by atoms with Gasteiger partial charge in [0, 0.05) is 29.8 Å². The number of piperazine rings is 1. The van der Waals surface area contributed by atoms with Crippen LogP contribution in [-0.4, -0.2) is 41.5 Å². The molecule has 33 heavy (non-hydrogen) atoms. The summed E-state index contributed by atoms with van der Waals surface area (Å²) in [6.07, 6.45) is 1.11. The third kappa shape index (κ3) is 4.56. The van der Waals surface area contributed by atoms with Gasteiger partial charge in [0.25, 0.3) is 5.69 Å². The average Bonchev–Trinajstić information content (AvgIpc) is 2.85. The standard InChI is InChI=1S/C28H34N3O2/c1-4-22(2)29-18-19-31(21-23(29)3,27-17-11-16-26(20-27)30(32)33)28(24-12-7-5-8-13-24)25-14-9-6-10-15-25/h5-17,20,22-23,28H,4,18-19,21H2,1-3H3/q+1. The fraction of sp³-hybridized carbons (Fsp3) is 0.357. The number of quaternary nitrogens is 1. The highest BCUT2D eigenvalue weighted by molar-refractivity contribution is 5.54. The van der Waals surface area contributed by atoms with Crippen LogP contribution in [0.25, 0.3) is 0 Å². The minimum atomic E-state index is -0.279. The Bertz CT molecular complexity index is 1030. The lowest BCUT2D eigenvalue weighted by atomic mass is 9.90. The van der Waals surface area contributed by atoms with E-state index in [4.69, 9.17) is 0 Å². The molecule has 0 N–H and O–H groups in total. The van der Waals surface area contributed by atoms with Crippen LogP contribution in [0.2, 0.25) is 0 Å². The molecule has 5 heteroatoms. The van der Waals surface area contributed by atoms with Crippen molar-refractivity contribution in [3.05, 3.63) is 106 Å². The molecular formula is C28H34N3O2+. The summed E-state index contributed by atoms with van der Waals surface area (Å²) in [5, 5.41) is 11.7. The number of nitro groups is 1. The molecule has 3 aromatic carbocycles. The molecule has 1 heterocycles. The van der Waals surface area contributed by atoms with Crippen molar-refractivity contribution in [2.45, 2.75) is 45.3 Å². The van der Waals surface area contributed by atoms with Gasteiger partial charge in [0.2, 0.25) is 0 Å². The van der Waals surface area contributed by atoms with Crippen LogP contribution < -0.4 is 4.48 Å². The first kappa shape index (κ1) is 23.1. The minimum absolute atomic E-state index is 0.0518. The van der Waals surface area contributed by atoms with E-state index in [0.29, 0.717) is 16.6 Å². The summed E-state index contributed by atoms with van der Waals surface area (Å²) in [4.78, 5) is 14.0. The molecule has 1 saturated heterocycles. The van der Waals surface area contributed by atoms with Gasteiger partial charge in [-0.15, -0.1) is 0 Å². The van der Waals surface area contributed by atoms with Crippen molar-refractivity contribution < 1.29 is 4.92 Å². The number of hydrogen-bond donors (Lipinski definition) is 0. The van der Waals surface area contributed by atoms with E-state index >= 15 is 0 Å². The second kappa shape index (κ2) is 9.86. The second-order valence-corrected chi connectivity index (χ2v) is 9.29. The number of non-ortho nitro benzene ring substituents is 1. The summed E-state index contributed by atoms with van der Waals surface area (Å²) in [6, 6.07) is 29.5. The minimum Gasteiger partial charge on any atom is -0.287 e. The van der Waals surface area contributed by atoms with E-state index in [1.165, 1.54) is 11.1 Å². The molecule has 172 valence electrons. The van der Waals surface area contributed by atoms with Crippen LogP contribution in [0.15, 0.2) is 84.9 Å². The number of nitro benzene ring substituents is 1. The molecule has 0 aliphatic carbocycles. The van der Waals surface area contributed by atoms with Crippen molar-refractivity contribution >= 4 is 11.4 Å². The molecule has 0 spiro atoms. The van der Waals surface area contributed by atoms with Gasteiger partial charge in [-0.25, -0.2) is 0 Å². The van der Waals surface area contributed by atoms with Gasteiger partial charge in [0.1, 0.15) is 11.7 Å². The lowest BCUT2D eigenvalue weighted by molar-refractivity contribution is -0.384. The smallest absolute Gasteiger partial charge is 0.275 e. The third-order valence-corrected chi connectivity index (χ3v) is 7.35. The Morgan fingerprint density at radius 2 is 1.61 bits per heavy atom. The predicted octanol–water partition coefficient (Wildman–Crippen LogP) is 6.19. The molecule has 0 saturated carbocycles. The fourth-order valence-electron chi connectivity index (χ4n) is 5.61. The molecule has 1 aliphatic rings. The van der Waals surface area contributed by atoms with Crippen LogP contribution in [0.5, 0.6) is 0 Å². The molecule has 5 nitrogen and oxygen atoms in total. The van der Waals surface area contributed by atoms with Crippen LogP contribution in [-0.2, 0) is 0 Å².